The Morgan fingerprint density at radius 3 is 2.36 bits per heavy atom. The second kappa shape index (κ2) is 6.29. The number of alkyl halides is 3. The smallest absolute Gasteiger partial charge is 0.341 e. The average molecular weight is 381 g/mol. The second-order valence-electron chi connectivity index (χ2n) is 8.90. The molecule has 5 fully saturated rings. The lowest BCUT2D eigenvalue weighted by molar-refractivity contribution is -0.284. The molecule has 5 rings (SSSR count). The molecule has 0 aromatic heterocycles. The van der Waals surface area contributed by atoms with Gasteiger partial charge in [-0.1, -0.05) is 0 Å². The molecule has 5 aliphatic rings. The van der Waals surface area contributed by atoms with Gasteiger partial charge in [-0.3, -0.25) is 4.79 Å². The van der Waals surface area contributed by atoms with Gasteiger partial charge in [-0.05, 0) is 70.3 Å². The molecule has 1 N–H and O–H groups in total. The zero-order valence-electron chi connectivity index (χ0n) is 14.7. The monoisotopic (exact) mass is 380 g/mol. The number of nitrogens with one attached hydrogen (secondary N) is 1. The van der Waals surface area contributed by atoms with Crippen LogP contribution in [0, 0.1) is 22.7 Å². The van der Waals surface area contributed by atoms with E-state index in [4.69, 9.17) is 0 Å². The van der Waals surface area contributed by atoms with Gasteiger partial charge in [0.05, 0.1) is 10.8 Å². The second-order valence-corrected chi connectivity index (χ2v) is 8.90. The SMILES string of the molecule is CNC1CCCN(C(=O)C23CC4CC(C2)CC(C(F)(F)F)(C4)C3)C1.Cl. The number of hydrogen-bond acceptors (Lipinski definition) is 2. The Hall–Kier alpha value is -0.490. The van der Waals surface area contributed by atoms with Crippen LogP contribution in [-0.4, -0.2) is 43.2 Å². The Balaban J connectivity index is 0.00000182. The lowest BCUT2D eigenvalue weighted by Crippen LogP contribution is -2.63. The Bertz CT molecular complexity index is 525. The highest BCUT2D eigenvalue weighted by molar-refractivity contribution is 5.85. The van der Waals surface area contributed by atoms with Crippen molar-refractivity contribution in [1.29, 1.82) is 0 Å². The first-order valence-corrected chi connectivity index (χ1v) is 9.30. The predicted octanol–water partition coefficient (Wildman–Crippen LogP) is 3.77. The van der Waals surface area contributed by atoms with Crippen LogP contribution in [0.5, 0.6) is 0 Å². The largest absolute Gasteiger partial charge is 0.394 e. The molecule has 1 heterocycles. The lowest BCUT2D eigenvalue weighted by Gasteiger charge is -2.62. The number of likely N-dealkylation sites (N-methyl/N-ethyl adjacent to an activating group) is 1. The quantitative estimate of drug-likeness (QED) is 0.791. The van der Waals surface area contributed by atoms with Crippen LogP contribution >= 0.6 is 12.4 Å². The molecular weight excluding hydrogens is 353 g/mol. The van der Waals surface area contributed by atoms with E-state index in [1.54, 1.807) is 0 Å². The molecule has 0 radical (unpaired) electrons. The highest BCUT2D eigenvalue weighted by Gasteiger charge is 2.69. The van der Waals surface area contributed by atoms with E-state index < -0.39 is 17.0 Å². The third-order valence-electron chi connectivity index (χ3n) is 7.23. The maximum absolute atomic E-state index is 13.9. The van der Waals surface area contributed by atoms with Crippen LogP contribution in [-0.2, 0) is 4.79 Å². The van der Waals surface area contributed by atoms with Gasteiger partial charge in [-0.25, -0.2) is 0 Å². The Labute approximate surface area is 153 Å². The summed E-state index contributed by atoms with van der Waals surface area (Å²) in [7, 11) is 1.89. The standard InChI is InChI=1S/C18H27F3N2O.ClH/c1-22-14-3-2-4-23(10-14)15(24)16-6-12-5-13(7-16)9-17(8-12,11-16)18(19,20)21;/h12-14,22H,2-11H2,1H3;1H. The van der Waals surface area contributed by atoms with Crippen LogP contribution < -0.4 is 5.32 Å². The van der Waals surface area contributed by atoms with E-state index >= 15 is 0 Å². The van der Waals surface area contributed by atoms with Gasteiger partial charge >= 0.3 is 6.18 Å². The van der Waals surface area contributed by atoms with Crippen LogP contribution in [0.25, 0.3) is 0 Å². The molecule has 0 aromatic rings. The van der Waals surface area contributed by atoms with E-state index in [1.165, 1.54) is 0 Å². The molecular formula is C18H28ClF3N2O. The predicted molar refractivity (Wildman–Crippen MR) is 91.5 cm³/mol. The number of nitrogens with zero attached hydrogens (tertiary/aromatic N) is 1. The van der Waals surface area contributed by atoms with Crippen molar-refractivity contribution in [2.24, 2.45) is 22.7 Å². The van der Waals surface area contributed by atoms with Gasteiger partial charge in [0.2, 0.25) is 5.91 Å². The summed E-state index contributed by atoms with van der Waals surface area (Å²) in [5, 5.41) is 3.22. The first kappa shape index (κ1) is 19.3. The van der Waals surface area contributed by atoms with Crippen LogP contribution in [0.1, 0.15) is 51.4 Å². The molecule has 25 heavy (non-hydrogen) atoms. The third-order valence-corrected chi connectivity index (χ3v) is 7.23. The molecule has 144 valence electrons. The molecule has 3 atom stereocenters. The minimum absolute atomic E-state index is 0. The van der Waals surface area contributed by atoms with Crippen LogP contribution in [0.3, 0.4) is 0 Å². The summed E-state index contributed by atoms with van der Waals surface area (Å²) in [6.45, 7) is 1.35. The van der Waals surface area contributed by atoms with Crippen molar-refractivity contribution in [2.75, 3.05) is 20.1 Å². The zero-order chi connectivity index (χ0) is 17.2. The minimum atomic E-state index is -4.17. The summed E-state index contributed by atoms with van der Waals surface area (Å²) in [5.41, 5.74) is -2.33. The van der Waals surface area contributed by atoms with E-state index in [-0.39, 0.29) is 55.5 Å². The topological polar surface area (TPSA) is 32.3 Å². The van der Waals surface area contributed by atoms with Gasteiger partial charge in [0.15, 0.2) is 0 Å². The molecule has 3 unspecified atom stereocenters. The van der Waals surface area contributed by atoms with Crippen molar-refractivity contribution in [3.63, 3.8) is 0 Å². The molecule has 4 bridgehead atoms. The van der Waals surface area contributed by atoms with Crippen LogP contribution in [0.4, 0.5) is 13.2 Å². The summed E-state index contributed by atoms with van der Waals surface area (Å²) in [5.74, 6) is 0.189. The fraction of sp³-hybridized carbons (Fsp3) is 0.944. The van der Waals surface area contributed by atoms with E-state index in [0.29, 0.717) is 25.9 Å². The maximum atomic E-state index is 13.9. The van der Waals surface area contributed by atoms with E-state index in [2.05, 4.69) is 5.32 Å². The van der Waals surface area contributed by atoms with Crippen molar-refractivity contribution >= 4 is 18.3 Å². The van der Waals surface area contributed by atoms with E-state index in [0.717, 1.165) is 19.3 Å². The molecule has 3 nitrogen and oxygen atoms in total. The van der Waals surface area contributed by atoms with Crippen molar-refractivity contribution in [1.82, 2.24) is 10.2 Å². The Morgan fingerprint density at radius 1 is 1.16 bits per heavy atom. The highest BCUT2D eigenvalue weighted by atomic mass is 35.5. The Morgan fingerprint density at radius 2 is 1.80 bits per heavy atom. The van der Waals surface area contributed by atoms with Gasteiger partial charge in [-0.2, -0.15) is 13.2 Å². The Kier molecular flexibility index (Phi) is 4.85. The number of carbonyl (C=O) groups excluding carboxylic acids is 1. The van der Waals surface area contributed by atoms with Crippen molar-refractivity contribution < 1.29 is 18.0 Å². The molecule has 1 aliphatic heterocycles. The molecule has 4 aliphatic carbocycles. The van der Waals surface area contributed by atoms with Gasteiger partial charge in [0.1, 0.15) is 0 Å². The highest BCUT2D eigenvalue weighted by Crippen LogP contribution is 2.69. The first-order valence-electron chi connectivity index (χ1n) is 9.30. The zero-order valence-corrected chi connectivity index (χ0v) is 15.5. The van der Waals surface area contributed by atoms with Crippen molar-refractivity contribution in [2.45, 2.75) is 63.6 Å². The number of rotatable bonds is 2. The summed E-state index contributed by atoms with van der Waals surface area (Å²) < 4.78 is 41.6. The summed E-state index contributed by atoms with van der Waals surface area (Å²) in [6.07, 6.45) is 0.591. The number of carbonyl (C=O) groups is 1. The number of halogens is 4. The summed E-state index contributed by atoms with van der Waals surface area (Å²) >= 11 is 0. The average Bonchev–Trinajstić information content (AvgIpc) is 2.52. The van der Waals surface area contributed by atoms with Crippen molar-refractivity contribution in [3.05, 3.63) is 0 Å². The number of hydrogen-bond donors (Lipinski definition) is 1. The van der Waals surface area contributed by atoms with Gasteiger partial charge < -0.3 is 10.2 Å². The van der Waals surface area contributed by atoms with Gasteiger partial charge in [-0.15, -0.1) is 12.4 Å². The minimum Gasteiger partial charge on any atom is -0.341 e. The molecule has 4 saturated carbocycles. The molecule has 0 spiro atoms. The van der Waals surface area contributed by atoms with Gasteiger partial charge in [0.25, 0.3) is 0 Å². The molecule has 1 amide bonds. The van der Waals surface area contributed by atoms with Crippen molar-refractivity contribution in [3.8, 4) is 0 Å². The summed E-state index contributed by atoms with van der Waals surface area (Å²) in [6, 6.07) is 0.271. The summed E-state index contributed by atoms with van der Waals surface area (Å²) in [4.78, 5) is 15.2. The number of piperidine rings is 1. The maximum Gasteiger partial charge on any atom is 0.394 e. The lowest BCUT2D eigenvalue weighted by atomic mass is 9.43. The van der Waals surface area contributed by atoms with E-state index in [9.17, 15) is 18.0 Å². The van der Waals surface area contributed by atoms with Crippen LogP contribution in [0.2, 0.25) is 0 Å². The molecule has 1 saturated heterocycles. The normalized spacial score (nSPS) is 43.0. The molecule has 0 aromatic carbocycles. The first-order chi connectivity index (χ1) is 11.3. The fourth-order valence-corrected chi connectivity index (χ4v) is 6.58. The van der Waals surface area contributed by atoms with Gasteiger partial charge in [0, 0.05) is 19.1 Å². The van der Waals surface area contributed by atoms with E-state index in [1.807, 2.05) is 11.9 Å². The number of amides is 1. The number of likely N-dealkylation sites (tertiary alicyclic amines) is 1. The molecule has 7 heteroatoms. The third kappa shape index (κ3) is 2.97. The van der Waals surface area contributed by atoms with Crippen LogP contribution in [0.15, 0.2) is 0 Å². The fourth-order valence-electron chi connectivity index (χ4n) is 6.58.